The van der Waals surface area contributed by atoms with E-state index >= 15 is 0 Å². The van der Waals surface area contributed by atoms with Crippen LogP contribution >= 0.6 is 15.9 Å². The van der Waals surface area contributed by atoms with Gasteiger partial charge in [0, 0.05) is 10.7 Å². The van der Waals surface area contributed by atoms with Crippen LogP contribution in [0.15, 0.2) is 34.9 Å². The average molecular weight is 299 g/mol. The first-order valence-electron chi connectivity index (χ1n) is 4.91. The molecule has 88 valence electrons. The van der Waals surface area contributed by atoms with Gasteiger partial charge in [-0.1, -0.05) is 6.07 Å². The fourth-order valence-corrected chi connectivity index (χ4v) is 1.56. The SMILES string of the molecule is Cc1cc(Nc2cccc(F)c2F)ncc1Br. The highest BCUT2D eigenvalue weighted by Crippen LogP contribution is 2.23. The summed E-state index contributed by atoms with van der Waals surface area (Å²) in [6.07, 6.45) is 1.61. The molecule has 1 aromatic carbocycles. The summed E-state index contributed by atoms with van der Waals surface area (Å²) in [6, 6.07) is 5.71. The van der Waals surface area contributed by atoms with Gasteiger partial charge in [0.25, 0.3) is 0 Å². The molecular weight excluding hydrogens is 290 g/mol. The van der Waals surface area contributed by atoms with Gasteiger partial charge in [0.15, 0.2) is 11.6 Å². The third-order valence-electron chi connectivity index (χ3n) is 2.26. The lowest BCUT2D eigenvalue weighted by atomic mass is 10.2. The van der Waals surface area contributed by atoms with E-state index in [1.807, 2.05) is 6.92 Å². The van der Waals surface area contributed by atoms with Gasteiger partial charge < -0.3 is 5.32 Å². The molecule has 0 amide bonds. The van der Waals surface area contributed by atoms with Crippen LogP contribution in [-0.4, -0.2) is 4.98 Å². The molecular formula is C12H9BrF2N2. The minimum Gasteiger partial charge on any atom is -0.338 e. The first-order chi connectivity index (χ1) is 8.08. The van der Waals surface area contributed by atoms with Gasteiger partial charge in [-0.15, -0.1) is 0 Å². The van der Waals surface area contributed by atoms with Gasteiger partial charge in [-0.25, -0.2) is 13.8 Å². The van der Waals surface area contributed by atoms with Crippen molar-refractivity contribution in [2.45, 2.75) is 6.92 Å². The number of aromatic nitrogens is 1. The number of aryl methyl sites for hydroxylation is 1. The smallest absolute Gasteiger partial charge is 0.182 e. The van der Waals surface area contributed by atoms with Crippen molar-refractivity contribution in [3.8, 4) is 0 Å². The molecule has 0 fully saturated rings. The summed E-state index contributed by atoms with van der Waals surface area (Å²) in [5, 5.41) is 2.73. The van der Waals surface area contributed by atoms with Crippen LogP contribution in [0.25, 0.3) is 0 Å². The van der Waals surface area contributed by atoms with Crippen molar-refractivity contribution in [2.75, 3.05) is 5.32 Å². The van der Waals surface area contributed by atoms with Crippen LogP contribution in [0.5, 0.6) is 0 Å². The van der Waals surface area contributed by atoms with Crippen molar-refractivity contribution in [1.82, 2.24) is 4.98 Å². The maximum absolute atomic E-state index is 13.4. The highest BCUT2D eigenvalue weighted by atomic mass is 79.9. The molecule has 0 atom stereocenters. The lowest BCUT2D eigenvalue weighted by Crippen LogP contribution is -1.98. The van der Waals surface area contributed by atoms with E-state index in [2.05, 4.69) is 26.2 Å². The zero-order chi connectivity index (χ0) is 12.4. The summed E-state index contributed by atoms with van der Waals surface area (Å²) in [7, 11) is 0. The lowest BCUT2D eigenvalue weighted by molar-refractivity contribution is 0.511. The van der Waals surface area contributed by atoms with Crippen LogP contribution in [0.3, 0.4) is 0 Å². The van der Waals surface area contributed by atoms with Gasteiger partial charge in [0.05, 0.1) is 5.69 Å². The zero-order valence-electron chi connectivity index (χ0n) is 8.97. The van der Waals surface area contributed by atoms with E-state index in [1.165, 1.54) is 12.1 Å². The van der Waals surface area contributed by atoms with Crippen molar-refractivity contribution >= 4 is 27.4 Å². The molecule has 0 bridgehead atoms. The van der Waals surface area contributed by atoms with Crippen molar-refractivity contribution in [3.05, 3.63) is 52.1 Å². The van der Waals surface area contributed by atoms with Crippen LogP contribution in [-0.2, 0) is 0 Å². The van der Waals surface area contributed by atoms with Gasteiger partial charge in [0.1, 0.15) is 5.82 Å². The standard InChI is InChI=1S/C12H9BrF2N2/c1-7-5-11(16-6-8(7)13)17-10-4-2-3-9(14)12(10)15/h2-6H,1H3,(H,16,17). The van der Waals surface area contributed by atoms with E-state index in [9.17, 15) is 8.78 Å². The van der Waals surface area contributed by atoms with E-state index in [1.54, 1.807) is 12.3 Å². The van der Waals surface area contributed by atoms with E-state index in [-0.39, 0.29) is 5.69 Å². The molecule has 0 unspecified atom stereocenters. The van der Waals surface area contributed by atoms with Crippen LogP contribution in [0.4, 0.5) is 20.3 Å². The Bertz CT molecular complexity index is 558. The number of pyridine rings is 1. The Balaban J connectivity index is 2.31. The molecule has 2 aromatic rings. The fourth-order valence-electron chi connectivity index (χ4n) is 1.35. The Hall–Kier alpha value is -1.49. The summed E-state index contributed by atoms with van der Waals surface area (Å²) >= 11 is 3.32. The Labute approximate surface area is 106 Å². The Kier molecular flexibility index (Phi) is 3.38. The molecule has 2 rings (SSSR count). The molecule has 0 saturated heterocycles. The average Bonchev–Trinajstić information content (AvgIpc) is 2.30. The molecule has 0 saturated carbocycles. The topological polar surface area (TPSA) is 24.9 Å². The van der Waals surface area contributed by atoms with Gasteiger partial charge in [-0.05, 0) is 46.6 Å². The molecule has 0 aliphatic rings. The molecule has 0 radical (unpaired) electrons. The normalized spacial score (nSPS) is 10.4. The molecule has 17 heavy (non-hydrogen) atoms. The van der Waals surface area contributed by atoms with E-state index in [0.29, 0.717) is 5.82 Å². The fraction of sp³-hybridized carbons (Fsp3) is 0.0833. The highest BCUT2D eigenvalue weighted by Gasteiger charge is 2.08. The summed E-state index contributed by atoms with van der Waals surface area (Å²) in [4.78, 5) is 4.06. The zero-order valence-corrected chi connectivity index (χ0v) is 10.6. The summed E-state index contributed by atoms with van der Waals surface area (Å²) < 4.78 is 27.2. The quantitative estimate of drug-likeness (QED) is 0.900. The summed E-state index contributed by atoms with van der Waals surface area (Å²) in [5.41, 5.74) is 1.03. The molecule has 0 aliphatic heterocycles. The minimum absolute atomic E-state index is 0.0687. The number of rotatable bonds is 2. The number of hydrogen-bond donors (Lipinski definition) is 1. The number of nitrogens with one attached hydrogen (secondary N) is 1. The van der Waals surface area contributed by atoms with Gasteiger partial charge in [-0.3, -0.25) is 0 Å². The third-order valence-corrected chi connectivity index (χ3v) is 3.09. The molecule has 0 spiro atoms. The Morgan fingerprint density at radius 3 is 2.76 bits per heavy atom. The highest BCUT2D eigenvalue weighted by molar-refractivity contribution is 9.10. The summed E-state index contributed by atoms with van der Waals surface area (Å²) in [5.74, 6) is -1.33. The number of anilines is 2. The minimum atomic E-state index is -0.908. The van der Waals surface area contributed by atoms with Crippen LogP contribution in [0.2, 0.25) is 0 Å². The molecule has 2 nitrogen and oxygen atoms in total. The van der Waals surface area contributed by atoms with Crippen LogP contribution in [0, 0.1) is 18.6 Å². The monoisotopic (exact) mass is 298 g/mol. The second-order valence-corrected chi connectivity index (χ2v) is 4.40. The maximum Gasteiger partial charge on any atom is 0.182 e. The first kappa shape index (κ1) is 12.0. The van der Waals surface area contributed by atoms with Crippen molar-refractivity contribution < 1.29 is 8.78 Å². The van der Waals surface area contributed by atoms with Gasteiger partial charge >= 0.3 is 0 Å². The van der Waals surface area contributed by atoms with Crippen LogP contribution < -0.4 is 5.32 Å². The van der Waals surface area contributed by atoms with E-state index in [0.717, 1.165) is 16.1 Å². The Morgan fingerprint density at radius 2 is 2.06 bits per heavy atom. The Morgan fingerprint density at radius 1 is 1.29 bits per heavy atom. The van der Waals surface area contributed by atoms with Crippen molar-refractivity contribution in [1.29, 1.82) is 0 Å². The van der Waals surface area contributed by atoms with Crippen LogP contribution in [0.1, 0.15) is 5.56 Å². The molecule has 5 heteroatoms. The number of nitrogens with zero attached hydrogens (tertiary/aromatic N) is 1. The summed E-state index contributed by atoms with van der Waals surface area (Å²) in [6.45, 7) is 1.89. The van der Waals surface area contributed by atoms with Gasteiger partial charge in [0.2, 0.25) is 0 Å². The van der Waals surface area contributed by atoms with Crippen molar-refractivity contribution in [3.63, 3.8) is 0 Å². The first-order valence-corrected chi connectivity index (χ1v) is 5.70. The lowest BCUT2D eigenvalue weighted by Gasteiger charge is -2.08. The molecule has 1 heterocycles. The van der Waals surface area contributed by atoms with E-state index < -0.39 is 11.6 Å². The second kappa shape index (κ2) is 4.79. The largest absolute Gasteiger partial charge is 0.338 e. The third kappa shape index (κ3) is 2.61. The number of halogens is 3. The second-order valence-electron chi connectivity index (χ2n) is 3.55. The number of hydrogen-bond acceptors (Lipinski definition) is 2. The van der Waals surface area contributed by atoms with Gasteiger partial charge in [-0.2, -0.15) is 0 Å². The maximum atomic E-state index is 13.4. The van der Waals surface area contributed by atoms with Crippen molar-refractivity contribution in [2.24, 2.45) is 0 Å². The molecule has 1 aromatic heterocycles. The van der Waals surface area contributed by atoms with E-state index in [4.69, 9.17) is 0 Å². The number of benzene rings is 1. The molecule has 1 N–H and O–H groups in total. The predicted molar refractivity (Wildman–Crippen MR) is 66.3 cm³/mol. The molecule has 0 aliphatic carbocycles. The predicted octanol–water partition coefficient (Wildman–Crippen LogP) is 4.17.